The Morgan fingerprint density at radius 3 is 1.97 bits per heavy atom. The van der Waals surface area contributed by atoms with E-state index in [1.54, 1.807) is 36.4 Å². The van der Waals surface area contributed by atoms with Crippen LogP contribution in [0.3, 0.4) is 0 Å². The minimum absolute atomic E-state index is 0.0741. The number of aromatic hydroxyl groups is 1. The summed E-state index contributed by atoms with van der Waals surface area (Å²) in [6.07, 6.45) is 0. The normalized spacial score (nSPS) is 16.3. The van der Waals surface area contributed by atoms with Crippen LogP contribution in [0.25, 0.3) is 5.76 Å². The SMILES string of the molecule is COc1ccc(OC)c(/C(O)=C2\C(=O)C(=O)N(c3ccccc3O)C2c2cc(OC)c(OC)c(OC)c2)c1. The van der Waals surface area contributed by atoms with Gasteiger partial charge in [-0.05, 0) is 48.0 Å². The van der Waals surface area contributed by atoms with Gasteiger partial charge in [0.15, 0.2) is 11.5 Å². The topological polar surface area (TPSA) is 124 Å². The number of carbonyl (C=O) groups is 2. The number of para-hydroxylation sites is 2. The largest absolute Gasteiger partial charge is 0.507 e. The van der Waals surface area contributed by atoms with E-state index in [1.165, 1.54) is 53.7 Å². The van der Waals surface area contributed by atoms with E-state index in [0.29, 0.717) is 17.1 Å². The molecule has 1 amide bonds. The highest BCUT2D eigenvalue weighted by molar-refractivity contribution is 6.52. The van der Waals surface area contributed by atoms with E-state index in [-0.39, 0.29) is 39.8 Å². The summed E-state index contributed by atoms with van der Waals surface area (Å²) in [6.45, 7) is 0. The number of phenols is 1. The summed E-state index contributed by atoms with van der Waals surface area (Å²) in [6, 6.07) is 12.7. The van der Waals surface area contributed by atoms with Crippen LogP contribution in [0.15, 0.2) is 60.2 Å². The number of amides is 1. The predicted molar refractivity (Wildman–Crippen MR) is 139 cm³/mol. The number of ether oxygens (including phenoxy) is 5. The van der Waals surface area contributed by atoms with E-state index < -0.39 is 23.5 Å². The maximum atomic E-state index is 13.5. The maximum Gasteiger partial charge on any atom is 0.300 e. The van der Waals surface area contributed by atoms with Gasteiger partial charge >= 0.3 is 0 Å². The lowest BCUT2D eigenvalue weighted by molar-refractivity contribution is -0.132. The van der Waals surface area contributed by atoms with Crippen LogP contribution in [-0.4, -0.2) is 57.5 Å². The molecule has 0 aliphatic carbocycles. The van der Waals surface area contributed by atoms with Gasteiger partial charge in [-0.2, -0.15) is 0 Å². The molecule has 0 bridgehead atoms. The summed E-state index contributed by atoms with van der Waals surface area (Å²) in [7, 11) is 7.18. The van der Waals surface area contributed by atoms with E-state index in [0.717, 1.165) is 4.90 Å². The van der Waals surface area contributed by atoms with Gasteiger partial charge in [0.1, 0.15) is 23.0 Å². The van der Waals surface area contributed by atoms with Crippen molar-refractivity contribution in [2.75, 3.05) is 40.4 Å². The molecule has 0 spiro atoms. The Morgan fingerprint density at radius 2 is 1.42 bits per heavy atom. The zero-order valence-electron chi connectivity index (χ0n) is 21.5. The van der Waals surface area contributed by atoms with Crippen molar-refractivity contribution in [3.8, 4) is 34.5 Å². The standard InChI is InChI=1S/C28H27NO9/c1-34-16-10-11-20(35-2)17(14-16)25(31)23-24(15-12-21(36-3)27(38-5)22(13-15)37-4)29(28(33)26(23)32)18-8-6-7-9-19(18)30/h6-14,24,30-31H,1-5H3/b25-23+. The van der Waals surface area contributed by atoms with Crippen LogP contribution in [0.5, 0.6) is 34.5 Å². The fourth-order valence-corrected chi connectivity index (χ4v) is 4.47. The fraction of sp³-hybridized carbons (Fsp3) is 0.214. The molecule has 4 rings (SSSR count). The number of carbonyl (C=O) groups excluding carboxylic acids is 2. The summed E-state index contributed by atoms with van der Waals surface area (Å²) in [5, 5.41) is 22.2. The molecule has 1 atom stereocenters. The van der Waals surface area contributed by atoms with E-state index in [9.17, 15) is 19.8 Å². The van der Waals surface area contributed by atoms with Crippen molar-refractivity contribution in [3.05, 3.63) is 71.3 Å². The van der Waals surface area contributed by atoms with Gasteiger partial charge in [0.25, 0.3) is 11.7 Å². The highest BCUT2D eigenvalue weighted by Gasteiger charge is 2.48. The van der Waals surface area contributed by atoms with Crippen LogP contribution in [0.1, 0.15) is 17.2 Å². The van der Waals surface area contributed by atoms with Crippen molar-refractivity contribution >= 4 is 23.1 Å². The Hall–Kier alpha value is -4.86. The molecular formula is C28H27NO9. The second kappa shape index (κ2) is 10.6. The van der Waals surface area contributed by atoms with E-state index >= 15 is 0 Å². The summed E-state index contributed by atoms with van der Waals surface area (Å²) in [5.41, 5.74) is 0.328. The fourth-order valence-electron chi connectivity index (χ4n) is 4.47. The van der Waals surface area contributed by atoms with E-state index in [2.05, 4.69) is 0 Å². The molecule has 10 nitrogen and oxygen atoms in total. The number of hydrogen-bond acceptors (Lipinski definition) is 9. The average molecular weight is 522 g/mol. The number of phenolic OH excluding ortho intramolecular Hbond substituents is 1. The number of methoxy groups -OCH3 is 5. The van der Waals surface area contributed by atoms with Crippen molar-refractivity contribution < 1.29 is 43.5 Å². The van der Waals surface area contributed by atoms with Gasteiger partial charge in [0.05, 0.1) is 58.4 Å². The van der Waals surface area contributed by atoms with Gasteiger partial charge in [0.2, 0.25) is 5.75 Å². The third-order valence-electron chi connectivity index (χ3n) is 6.25. The number of Topliss-reactive ketones (excluding diaryl/α,β-unsaturated/α-hetero) is 1. The molecule has 38 heavy (non-hydrogen) atoms. The quantitative estimate of drug-likeness (QED) is 0.257. The molecule has 198 valence electrons. The van der Waals surface area contributed by atoms with Crippen LogP contribution in [0.4, 0.5) is 5.69 Å². The first-order chi connectivity index (χ1) is 18.3. The number of hydrogen-bond donors (Lipinski definition) is 2. The molecule has 3 aromatic rings. The van der Waals surface area contributed by atoms with Crippen molar-refractivity contribution in [2.45, 2.75) is 6.04 Å². The van der Waals surface area contributed by atoms with Crippen LogP contribution < -0.4 is 28.6 Å². The minimum atomic E-state index is -1.19. The van der Waals surface area contributed by atoms with Crippen molar-refractivity contribution in [1.29, 1.82) is 0 Å². The molecule has 0 saturated carbocycles. The number of aliphatic hydroxyl groups excluding tert-OH is 1. The lowest BCUT2D eigenvalue weighted by Gasteiger charge is -2.27. The average Bonchev–Trinajstić information content (AvgIpc) is 3.21. The zero-order valence-corrected chi connectivity index (χ0v) is 21.5. The summed E-state index contributed by atoms with van der Waals surface area (Å²) in [4.78, 5) is 28.1. The van der Waals surface area contributed by atoms with E-state index in [4.69, 9.17) is 23.7 Å². The lowest BCUT2D eigenvalue weighted by atomic mass is 9.94. The molecule has 1 aliphatic rings. The van der Waals surface area contributed by atoms with Gasteiger partial charge in [0, 0.05) is 0 Å². The van der Waals surface area contributed by atoms with Gasteiger partial charge in [-0.15, -0.1) is 0 Å². The summed E-state index contributed by atoms with van der Waals surface area (Å²) >= 11 is 0. The van der Waals surface area contributed by atoms with Gasteiger partial charge in [-0.1, -0.05) is 12.1 Å². The third kappa shape index (κ3) is 4.30. The van der Waals surface area contributed by atoms with Gasteiger partial charge < -0.3 is 33.9 Å². The number of aliphatic hydroxyl groups is 1. The zero-order chi connectivity index (χ0) is 27.6. The Balaban J connectivity index is 2.07. The Morgan fingerprint density at radius 1 is 0.789 bits per heavy atom. The summed E-state index contributed by atoms with van der Waals surface area (Å²) in [5.74, 6) is -1.16. The smallest absolute Gasteiger partial charge is 0.300 e. The second-order valence-corrected chi connectivity index (χ2v) is 8.18. The van der Waals surface area contributed by atoms with Crippen LogP contribution in [0, 0.1) is 0 Å². The van der Waals surface area contributed by atoms with Crippen LogP contribution in [0.2, 0.25) is 0 Å². The van der Waals surface area contributed by atoms with Gasteiger partial charge in [-0.25, -0.2) is 0 Å². The Labute approximate surface area is 219 Å². The number of rotatable bonds is 8. The molecule has 0 aromatic heterocycles. The van der Waals surface area contributed by atoms with Gasteiger partial charge in [-0.3, -0.25) is 14.5 Å². The molecule has 1 fully saturated rings. The first kappa shape index (κ1) is 26.2. The first-order valence-electron chi connectivity index (χ1n) is 11.4. The van der Waals surface area contributed by atoms with E-state index in [1.807, 2.05) is 0 Å². The number of benzene rings is 3. The highest BCUT2D eigenvalue weighted by Crippen LogP contribution is 2.49. The van der Waals surface area contributed by atoms with Crippen LogP contribution >= 0.6 is 0 Å². The lowest BCUT2D eigenvalue weighted by Crippen LogP contribution is -2.29. The molecule has 0 radical (unpaired) electrons. The molecule has 10 heteroatoms. The van der Waals surface area contributed by atoms with Crippen molar-refractivity contribution in [2.24, 2.45) is 0 Å². The number of ketones is 1. The molecule has 1 aliphatic heterocycles. The minimum Gasteiger partial charge on any atom is -0.507 e. The molecular weight excluding hydrogens is 494 g/mol. The molecule has 1 heterocycles. The third-order valence-corrected chi connectivity index (χ3v) is 6.25. The Kier molecular flexibility index (Phi) is 7.33. The monoisotopic (exact) mass is 521 g/mol. The second-order valence-electron chi connectivity index (χ2n) is 8.18. The van der Waals surface area contributed by atoms with Crippen LogP contribution in [-0.2, 0) is 9.59 Å². The highest BCUT2D eigenvalue weighted by atomic mass is 16.5. The number of anilines is 1. The molecule has 2 N–H and O–H groups in total. The summed E-state index contributed by atoms with van der Waals surface area (Å²) < 4.78 is 27.1. The molecule has 1 saturated heterocycles. The molecule has 3 aromatic carbocycles. The van der Waals surface area contributed by atoms with Crippen molar-refractivity contribution in [3.63, 3.8) is 0 Å². The van der Waals surface area contributed by atoms with Crippen molar-refractivity contribution in [1.82, 2.24) is 0 Å². The number of nitrogens with zero attached hydrogens (tertiary/aromatic N) is 1. The first-order valence-corrected chi connectivity index (χ1v) is 11.4. The Bertz CT molecular complexity index is 1400. The maximum absolute atomic E-state index is 13.5. The molecule has 1 unspecified atom stereocenters. The predicted octanol–water partition coefficient (Wildman–Crippen LogP) is 4.06.